The fourth-order valence-corrected chi connectivity index (χ4v) is 3.86. The standard InChI is InChI=1S/C15H25N3O2S/c1-11(2)17-21(19,20)14-6-4-13(5-7-14)18-9-8-15(16)12(3)10-18/h4-7,11-12,15,17H,8-10,16H2,1-3H3. The molecule has 0 saturated carbocycles. The Morgan fingerprint density at radius 2 is 1.90 bits per heavy atom. The molecule has 5 nitrogen and oxygen atoms in total. The number of sulfonamides is 1. The summed E-state index contributed by atoms with van der Waals surface area (Å²) in [5, 5.41) is 0. The molecule has 2 rings (SSSR count). The highest BCUT2D eigenvalue weighted by molar-refractivity contribution is 7.89. The van der Waals surface area contributed by atoms with Gasteiger partial charge >= 0.3 is 0 Å². The van der Waals surface area contributed by atoms with Gasteiger partial charge in [-0.15, -0.1) is 0 Å². The third-order valence-corrected chi connectivity index (χ3v) is 5.55. The fourth-order valence-electron chi connectivity index (χ4n) is 2.61. The van der Waals surface area contributed by atoms with Crippen LogP contribution in [0.1, 0.15) is 27.2 Å². The molecule has 3 N–H and O–H groups in total. The van der Waals surface area contributed by atoms with Crippen molar-refractivity contribution in [3.63, 3.8) is 0 Å². The number of rotatable bonds is 4. The SMILES string of the molecule is CC(C)NS(=O)(=O)c1ccc(N2CCC(N)C(C)C2)cc1. The lowest BCUT2D eigenvalue weighted by Gasteiger charge is -2.36. The van der Waals surface area contributed by atoms with E-state index in [-0.39, 0.29) is 12.1 Å². The first-order chi connectivity index (χ1) is 9.79. The molecule has 0 bridgehead atoms. The molecule has 1 aromatic rings. The molecule has 1 heterocycles. The van der Waals surface area contributed by atoms with E-state index in [9.17, 15) is 8.42 Å². The lowest BCUT2D eigenvalue weighted by Crippen LogP contribution is -2.45. The Kier molecular flexibility index (Phi) is 4.91. The Morgan fingerprint density at radius 3 is 2.43 bits per heavy atom. The van der Waals surface area contributed by atoms with Crippen molar-refractivity contribution in [2.24, 2.45) is 11.7 Å². The smallest absolute Gasteiger partial charge is 0.240 e. The predicted octanol–water partition coefficient (Wildman–Crippen LogP) is 1.55. The summed E-state index contributed by atoms with van der Waals surface area (Å²) in [6, 6.07) is 7.23. The lowest BCUT2D eigenvalue weighted by atomic mass is 9.94. The zero-order valence-electron chi connectivity index (χ0n) is 12.9. The number of hydrogen-bond acceptors (Lipinski definition) is 4. The van der Waals surface area contributed by atoms with Crippen molar-refractivity contribution in [2.45, 2.75) is 44.2 Å². The number of anilines is 1. The highest BCUT2D eigenvalue weighted by atomic mass is 32.2. The molecule has 0 radical (unpaired) electrons. The molecule has 1 aliphatic rings. The molecule has 118 valence electrons. The number of hydrogen-bond donors (Lipinski definition) is 2. The summed E-state index contributed by atoms with van der Waals surface area (Å²) in [4.78, 5) is 2.57. The second-order valence-electron chi connectivity index (χ2n) is 6.15. The minimum atomic E-state index is -3.42. The maximum Gasteiger partial charge on any atom is 0.240 e. The second kappa shape index (κ2) is 6.34. The van der Waals surface area contributed by atoms with Gasteiger partial charge in [-0.05, 0) is 50.5 Å². The van der Waals surface area contributed by atoms with E-state index in [1.54, 1.807) is 12.1 Å². The van der Waals surface area contributed by atoms with Crippen molar-refractivity contribution >= 4 is 15.7 Å². The largest absolute Gasteiger partial charge is 0.371 e. The van der Waals surface area contributed by atoms with Crippen LogP contribution in [0.5, 0.6) is 0 Å². The van der Waals surface area contributed by atoms with Gasteiger partial charge < -0.3 is 10.6 Å². The molecule has 1 aromatic carbocycles. The molecule has 0 aromatic heterocycles. The Balaban J connectivity index is 2.12. The van der Waals surface area contributed by atoms with Crippen molar-refractivity contribution in [1.82, 2.24) is 4.72 Å². The van der Waals surface area contributed by atoms with Crippen molar-refractivity contribution in [3.8, 4) is 0 Å². The molecule has 2 atom stereocenters. The lowest BCUT2D eigenvalue weighted by molar-refractivity contribution is 0.383. The van der Waals surface area contributed by atoms with Crippen LogP contribution in [0.25, 0.3) is 0 Å². The van der Waals surface area contributed by atoms with E-state index in [2.05, 4.69) is 16.5 Å². The average molecular weight is 311 g/mol. The van der Waals surface area contributed by atoms with Crippen LogP contribution in [-0.4, -0.2) is 33.6 Å². The molecule has 2 unspecified atom stereocenters. The highest BCUT2D eigenvalue weighted by Gasteiger charge is 2.23. The van der Waals surface area contributed by atoms with E-state index in [1.165, 1.54) is 0 Å². The second-order valence-corrected chi connectivity index (χ2v) is 7.86. The number of piperidine rings is 1. The normalized spacial score (nSPS) is 23.6. The van der Waals surface area contributed by atoms with Crippen LogP contribution in [0.3, 0.4) is 0 Å². The molecule has 6 heteroatoms. The Bertz CT molecular complexity index is 569. The van der Waals surface area contributed by atoms with E-state index in [0.717, 1.165) is 25.2 Å². The van der Waals surface area contributed by atoms with Gasteiger partial charge in [0.1, 0.15) is 0 Å². The first kappa shape index (κ1) is 16.3. The number of benzene rings is 1. The molecule has 1 aliphatic heterocycles. The average Bonchev–Trinajstić information content (AvgIpc) is 2.41. The first-order valence-electron chi connectivity index (χ1n) is 7.42. The van der Waals surface area contributed by atoms with E-state index in [1.807, 2.05) is 26.0 Å². The van der Waals surface area contributed by atoms with E-state index < -0.39 is 10.0 Å². The minimum Gasteiger partial charge on any atom is -0.371 e. The summed E-state index contributed by atoms with van der Waals surface area (Å²) in [6.45, 7) is 7.61. The zero-order valence-corrected chi connectivity index (χ0v) is 13.7. The van der Waals surface area contributed by atoms with Crippen LogP contribution in [0.15, 0.2) is 29.2 Å². The van der Waals surface area contributed by atoms with Gasteiger partial charge in [-0.2, -0.15) is 0 Å². The zero-order chi connectivity index (χ0) is 15.6. The molecule has 0 amide bonds. The monoisotopic (exact) mass is 311 g/mol. The quantitative estimate of drug-likeness (QED) is 0.884. The van der Waals surface area contributed by atoms with Crippen LogP contribution in [-0.2, 0) is 10.0 Å². The van der Waals surface area contributed by atoms with Crippen molar-refractivity contribution < 1.29 is 8.42 Å². The van der Waals surface area contributed by atoms with Gasteiger partial charge in [-0.25, -0.2) is 13.1 Å². The van der Waals surface area contributed by atoms with E-state index in [0.29, 0.717) is 10.8 Å². The van der Waals surface area contributed by atoms with Gasteiger partial charge in [0, 0.05) is 30.9 Å². The van der Waals surface area contributed by atoms with E-state index in [4.69, 9.17) is 5.73 Å². The maximum absolute atomic E-state index is 12.1. The van der Waals surface area contributed by atoms with Gasteiger partial charge in [-0.1, -0.05) is 6.92 Å². The third-order valence-electron chi connectivity index (χ3n) is 3.87. The molecule has 0 aliphatic carbocycles. The van der Waals surface area contributed by atoms with Crippen molar-refractivity contribution in [3.05, 3.63) is 24.3 Å². The summed E-state index contributed by atoms with van der Waals surface area (Å²) >= 11 is 0. The third kappa shape index (κ3) is 3.96. The van der Waals surface area contributed by atoms with Crippen LogP contribution < -0.4 is 15.4 Å². The maximum atomic E-state index is 12.1. The van der Waals surface area contributed by atoms with Gasteiger partial charge in [0.05, 0.1) is 4.90 Å². The Hall–Kier alpha value is -1.11. The summed E-state index contributed by atoms with van der Waals surface area (Å²) in [6.07, 6.45) is 0.968. The number of nitrogens with zero attached hydrogens (tertiary/aromatic N) is 1. The molecular weight excluding hydrogens is 286 g/mol. The molecule has 0 spiro atoms. The van der Waals surface area contributed by atoms with Gasteiger partial charge in [-0.3, -0.25) is 0 Å². The Labute approximate surface area is 127 Å². The molecule has 1 saturated heterocycles. The van der Waals surface area contributed by atoms with Crippen molar-refractivity contribution in [1.29, 1.82) is 0 Å². The van der Waals surface area contributed by atoms with Gasteiger partial charge in [0.25, 0.3) is 0 Å². The van der Waals surface area contributed by atoms with Gasteiger partial charge in [0.2, 0.25) is 10.0 Å². The predicted molar refractivity (Wildman–Crippen MR) is 85.9 cm³/mol. The molecule has 1 fully saturated rings. The van der Waals surface area contributed by atoms with E-state index >= 15 is 0 Å². The van der Waals surface area contributed by atoms with Crippen LogP contribution in [0, 0.1) is 5.92 Å². The molecular formula is C15H25N3O2S. The van der Waals surface area contributed by atoms with Crippen molar-refractivity contribution in [2.75, 3.05) is 18.0 Å². The minimum absolute atomic E-state index is 0.112. The van der Waals surface area contributed by atoms with Crippen LogP contribution in [0.2, 0.25) is 0 Å². The Morgan fingerprint density at radius 1 is 1.29 bits per heavy atom. The fraction of sp³-hybridized carbons (Fsp3) is 0.600. The summed E-state index contributed by atoms with van der Waals surface area (Å²) in [5.41, 5.74) is 7.08. The topological polar surface area (TPSA) is 75.4 Å². The summed E-state index contributed by atoms with van der Waals surface area (Å²) in [7, 11) is -3.42. The highest BCUT2D eigenvalue weighted by Crippen LogP contribution is 2.23. The summed E-state index contributed by atoms with van der Waals surface area (Å²) in [5.74, 6) is 0.449. The van der Waals surface area contributed by atoms with Gasteiger partial charge in [0.15, 0.2) is 0 Å². The molecule has 21 heavy (non-hydrogen) atoms. The van der Waals surface area contributed by atoms with Crippen LogP contribution >= 0.6 is 0 Å². The first-order valence-corrected chi connectivity index (χ1v) is 8.91. The summed E-state index contributed by atoms with van der Waals surface area (Å²) < 4.78 is 26.8. The number of nitrogens with one attached hydrogen (secondary N) is 1. The van der Waals surface area contributed by atoms with Crippen LogP contribution in [0.4, 0.5) is 5.69 Å². The number of nitrogens with two attached hydrogens (primary N) is 1.